The van der Waals surface area contributed by atoms with E-state index in [0.29, 0.717) is 0 Å². The van der Waals surface area contributed by atoms with E-state index in [4.69, 9.17) is 5.11 Å². The van der Waals surface area contributed by atoms with E-state index in [1.54, 1.807) is 0 Å². The van der Waals surface area contributed by atoms with Crippen molar-refractivity contribution in [1.29, 1.82) is 0 Å². The molecule has 0 aliphatic rings. The van der Waals surface area contributed by atoms with Crippen LogP contribution in [0.2, 0.25) is 0 Å². The molecule has 0 saturated carbocycles. The summed E-state index contributed by atoms with van der Waals surface area (Å²) in [7, 11) is 0. The highest BCUT2D eigenvalue weighted by molar-refractivity contribution is 5.72. The summed E-state index contributed by atoms with van der Waals surface area (Å²) in [5.74, 6) is -1.41. The van der Waals surface area contributed by atoms with E-state index >= 15 is 0 Å². The van der Waals surface area contributed by atoms with Crippen molar-refractivity contribution in [2.75, 3.05) is 6.54 Å². The van der Waals surface area contributed by atoms with Crippen molar-refractivity contribution < 1.29 is 14.3 Å². The number of nitrogens with one attached hydrogen (secondary N) is 1. The summed E-state index contributed by atoms with van der Waals surface area (Å²) in [6.07, 6.45) is -1.79. The summed E-state index contributed by atoms with van der Waals surface area (Å²) >= 11 is 0. The molecule has 2 N–H and O–H groups in total. The fraction of sp³-hybridized carbons (Fsp3) is 0.833. The van der Waals surface area contributed by atoms with Gasteiger partial charge in [0.25, 0.3) is 0 Å². The quantitative estimate of drug-likeness (QED) is 0.608. The fourth-order valence-electron chi connectivity index (χ4n) is 0.426. The third kappa shape index (κ3) is 4.26. The van der Waals surface area contributed by atoms with Crippen LogP contribution < -0.4 is 5.32 Å². The number of hydrogen-bond acceptors (Lipinski definition) is 2. The molecule has 0 aliphatic heterocycles. The lowest BCUT2D eigenvalue weighted by Gasteiger charge is -2.07. The Kier molecular flexibility index (Phi) is 3.95. The number of halogens is 1. The van der Waals surface area contributed by atoms with Gasteiger partial charge in [-0.1, -0.05) is 13.8 Å². The molecule has 0 heterocycles. The molecule has 0 aliphatic carbocycles. The molecule has 4 heteroatoms. The first-order chi connectivity index (χ1) is 4.54. The van der Waals surface area contributed by atoms with Gasteiger partial charge < -0.3 is 10.4 Å². The zero-order valence-corrected chi connectivity index (χ0v) is 6.10. The van der Waals surface area contributed by atoms with Crippen LogP contribution in [0.3, 0.4) is 0 Å². The lowest BCUT2D eigenvalue weighted by Crippen LogP contribution is -2.33. The van der Waals surface area contributed by atoms with Crippen molar-refractivity contribution in [1.82, 2.24) is 5.32 Å². The van der Waals surface area contributed by atoms with Crippen LogP contribution in [0.5, 0.6) is 0 Å². The minimum absolute atomic E-state index is 0.118. The number of rotatable bonds is 4. The zero-order chi connectivity index (χ0) is 8.15. The molecule has 0 aromatic carbocycles. The predicted molar refractivity (Wildman–Crippen MR) is 35.7 cm³/mol. The molecule has 0 rings (SSSR count). The van der Waals surface area contributed by atoms with Crippen LogP contribution in [0.1, 0.15) is 13.8 Å². The molecular formula is C6H12FNO2. The first-order valence-corrected chi connectivity index (χ1v) is 3.14. The number of carbonyl (C=O) groups is 1. The van der Waals surface area contributed by atoms with Crippen molar-refractivity contribution in [3.63, 3.8) is 0 Å². The van der Waals surface area contributed by atoms with Crippen LogP contribution in [0.4, 0.5) is 4.39 Å². The van der Waals surface area contributed by atoms with E-state index in [1.807, 2.05) is 13.8 Å². The Morgan fingerprint density at radius 3 is 2.50 bits per heavy atom. The third-order valence-electron chi connectivity index (χ3n) is 0.973. The van der Waals surface area contributed by atoms with Gasteiger partial charge in [-0.15, -0.1) is 0 Å². The molecule has 0 fully saturated rings. The molecule has 0 aromatic rings. The molecule has 0 amide bonds. The Morgan fingerprint density at radius 2 is 2.20 bits per heavy atom. The summed E-state index contributed by atoms with van der Waals surface area (Å²) in [6.45, 7) is 3.54. The second kappa shape index (κ2) is 4.22. The Morgan fingerprint density at radius 1 is 1.70 bits per heavy atom. The summed E-state index contributed by atoms with van der Waals surface area (Å²) in [5.41, 5.74) is 0. The van der Waals surface area contributed by atoms with Gasteiger partial charge in [0.05, 0.1) is 0 Å². The molecule has 0 aromatic heterocycles. The second-order valence-electron chi connectivity index (χ2n) is 2.37. The van der Waals surface area contributed by atoms with Crippen molar-refractivity contribution in [2.24, 2.45) is 0 Å². The number of carboxylic acid groups (broad SMARTS) is 1. The van der Waals surface area contributed by atoms with E-state index in [1.165, 1.54) is 0 Å². The average Bonchev–Trinajstić information content (AvgIpc) is 1.82. The van der Waals surface area contributed by atoms with E-state index < -0.39 is 12.1 Å². The molecule has 1 atom stereocenters. The smallest absolute Gasteiger partial charge is 0.339 e. The largest absolute Gasteiger partial charge is 0.479 e. The van der Waals surface area contributed by atoms with Gasteiger partial charge in [0.15, 0.2) is 0 Å². The summed E-state index contributed by atoms with van der Waals surface area (Å²) in [4.78, 5) is 9.90. The standard InChI is InChI=1S/C6H12FNO2/c1-4(2)8-3-5(7)6(9)10/h4-5,8H,3H2,1-2H3,(H,9,10). The van der Waals surface area contributed by atoms with Crippen LogP contribution >= 0.6 is 0 Å². The Hall–Kier alpha value is -0.640. The van der Waals surface area contributed by atoms with Crippen LogP contribution in [0.25, 0.3) is 0 Å². The SMILES string of the molecule is CC(C)NCC(F)C(=O)O. The van der Waals surface area contributed by atoms with Crippen molar-refractivity contribution in [2.45, 2.75) is 26.1 Å². The predicted octanol–water partition coefficient (Wildman–Crippen LogP) is 0.407. The lowest BCUT2D eigenvalue weighted by atomic mass is 10.3. The molecule has 0 saturated heterocycles. The Labute approximate surface area is 59.2 Å². The van der Waals surface area contributed by atoms with E-state index in [9.17, 15) is 9.18 Å². The lowest BCUT2D eigenvalue weighted by molar-refractivity contribution is -0.142. The van der Waals surface area contributed by atoms with Gasteiger partial charge in [-0.05, 0) is 0 Å². The van der Waals surface area contributed by atoms with Crippen LogP contribution in [0.15, 0.2) is 0 Å². The number of hydrogen-bond donors (Lipinski definition) is 2. The maximum absolute atomic E-state index is 12.2. The van der Waals surface area contributed by atoms with Gasteiger partial charge in [0.2, 0.25) is 6.17 Å². The molecule has 0 spiro atoms. The summed E-state index contributed by atoms with van der Waals surface area (Å²) < 4.78 is 12.2. The monoisotopic (exact) mass is 149 g/mol. The van der Waals surface area contributed by atoms with Crippen molar-refractivity contribution in [3.8, 4) is 0 Å². The van der Waals surface area contributed by atoms with Gasteiger partial charge in [0, 0.05) is 12.6 Å². The van der Waals surface area contributed by atoms with Gasteiger partial charge in [-0.3, -0.25) is 0 Å². The minimum atomic E-state index is -1.79. The zero-order valence-electron chi connectivity index (χ0n) is 6.10. The third-order valence-corrected chi connectivity index (χ3v) is 0.973. The number of aliphatic carboxylic acids is 1. The van der Waals surface area contributed by atoms with Crippen LogP contribution in [-0.4, -0.2) is 29.8 Å². The molecule has 3 nitrogen and oxygen atoms in total. The van der Waals surface area contributed by atoms with Gasteiger partial charge in [0.1, 0.15) is 0 Å². The van der Waals surface area contributed by atoms with Gasteiger partial charge in [-0.25, -0.2) is 9.18 Å². The van der Waals surface area contributed by atoms with Crippen LogP contribution in [0, 0.1) is 0 Å². The molecule has 10 heavy (non-hydrogen) atoms. The first kappa shape index (κ1) is 9.36. The van der Waals surface area contributed by atoms with E-state index in [-0.39, 0.29) is 12.6 Å². The van der Waals surface area contributed by atoms with E-state index in [2.05, 4.69) is 5.32 Å². The molecule has 0 radical (unpaired) electrons. The molecular weight excluding hydrogens is 137 g/mol. The highest BCUT2D eigenvalue weighted by atomic mass is 19.1. The number of carboxylic acids is 1. The Balaban J connectivity index is 3.40. The maximum atomic E-state index is 12.2. The minimum Gasteiger partial charge on any atom is -0.479 e. The molecule has 60 valence electrons. The number of alkyl halides is 1. The molecule has 0 bridgehead atoms. The van der Waals surface area contributed by atoms with E-state index in [0.717, 1.165) is 0 Å². The highest BCUT2D eigenvalue weighted by Gasteiger charge is 2.14. The second-order valence-corrected chi connectivity index (χ2v) is 2.37. The van der Waals surface area contributed by atoms with Crippen molar-refractivity contribution >= 4 is 5.97 Å². The first-order valence-electron chi connectivity index (χ1n) is 3.14. The topological polar surface area (TPSA) is 49.3 Å². The summed E-state index contributed by atoms with van der Waals surface area (Å²) in [5, 5.41) is 10.8. The maximum Gasteiger partial charge on any atom is 0.339 e. The average molecular weight is 149 g/mol. The normalized spacial score (nSPS) is 13.6. The summed E-state index contributed by atoms with van der Waals surface area (Å²) in [6, 6.07) is 0.123. The van der Waals surface area contributed by atoms with Crippen LogP contribution in [-0.2, 0) is 4.79 Å². The fourth-order valence-corrected chi connectivity index (χ4v) is 0.426. The Bertz CT molecular complexity index is 116. The van der Waals surface area contributed by atoms with Gasteiger partial charge in [-0.2, -0.15) is 0 Å². The molecule has 1 unspecified atom stereocenters. The highest BCUT2D eigenvalue weighted by Crippen LogP contribution is 1.88. The van der Waals surface area contributed by atoms with Gasteiger partial charge >= 0.3 is 5.97 Å². The van der Waals surface area contributed by atoms with Crippen molar-refractivity contribution in [3.05, 3.63) is 0 Å².